The molecule has 2 N–H and O–H groups in total. The molecule has 0 bridgehead atoms. The fourth-order valence-corrected chi connectivity index (χ4v) is 2.36. The lowest BCUT2D eigenvalue weighted by Gasteiger charge is -2.12. The molecular weight excluding hydrogens is 400 g/mol. The standard InChI is InChI=1S/C18H18N4S4/c1-25-17(23)21-19-15(13-9-5-3-6-10-13)16(20-22-18(24)26-2)14-11-7-4-8-12-14/h3-12H,1-2H3,(H,21,23)(H,22,24)/b19-15+,20-16+. The van der Waals surface area contributed by atoms with E-state index in [4.69, 9.17) is 24.4 Å². The maximum Gasteiger partial charge on any atom is 0.153 e. The molecule has 0 unspecified atom stereocenters. The highest BCUT2D eigenvalue weighted by Gasteiger charge is 2.15. The monoisotopic (exact) mass is 418 g/mol. The van der Waals surface area contributed by atoms with Crippen molar-refractivity contribution < 1.29 is 0 Å². The predicted octanol–water partition coefficient (Wildman–Crippen LogP) is 4.27. The second-order valence-electron chi connectivity index (χ2n) is 4.86. The predicted molar refractivity (Wildman–Crippen MR) is 124 cm³/mol. The average molecular weight is 419 g/mol. The van der Waals surface area contributed by atoms with Gasteiger partial charge in [0.25, 0.3) is 0 Å². The molecule has 0 radical (unpaired) electrons. The highest BCUT2D eigenvalue weighted by atomic mass is 32.2. The summed E-state index contributed by atoms with van der Waals surface area (Å²) in [4.78, 5) is 0. The molecule has 26 heavy (non-hydrogen) atoms. The minimum Gasteiger partial charge on any atom is -0.262 e. The molecule has 0 heterocycles. The highest BCUT2D eigenvalue weighted by Crippen LogP contribution is 2.11. The van der Waals surface area contributed by atoms with Crippen molar-refractivity contribution in [2.45, 2.75) is 0 Å². The Kier molecular flexibility index (Phi) is 8.76. The number of hydrogen-bond donors (Lipinski definition) is 2. The van der Waals surface area contributed by atoms with Gasteiger partial charge in [0, 0.05) is 11.1 Å². The first-order valence-corrected chi connectivity index (χ1v) is 10.9. The molecule has 2 rings (SSSR count). The SMILES string of the molecule is CSC(=S)N/N=C(/C(=N/NC(=S)SC)c1ccccc1)c1ccccc1. The summed E-state index contributed by atoms with van der Waals surface area (Å²) in [6, 6.07) is 19.7. The minimum atomic E-state index is 0.582. The van der Waals surface area contributed by atoms with E-state index in [2.05, 4.69) is 21.1 Å². The first kappa shape index (κ1) is 20.6. The van der Waals surface area contributed by atoms with Gasteiger partial charge in [-0.25, -0.2) is 0 Å². The van der Waals surface area contributed by atoms with E-state index < -0.39 is 0 Å². The van der Waals surface area contributed by atoms with E-state index in [1.54, 1.807) is 0 Å². The molecule has 134 valence electrons. The van der Waals surface area contributed by atoms with Crippen LogP contribution in [-0.2, 0) is 0 Å². The number of benzene rings is 2. The van der Waals surface area contributed by atoms with E-state index in [-0.39, 0.29) is 0 Å². The zero-order chi connectivity index (χ0) is 18.8. The van der Waals surface area contributed by atoms with Crippen LogP contribution in [0.5, 0.6) is 0 Å². The Bertz CT molecular complexity index is 735. The Morgan fingerprint density at radius 2 is 1.04 bits per heavy atom. The fourth-order valence-electron chi connectivity index (χ4n) is 1.99. The van der Waals surface area contributed by atoms with Crippen molar-refractivity contribution >= 4 is 68.0 Å². The third-order valence-electron chi connectivity index (χ3n) is 3.21. The summed E-state index contributed by atoms with van der Waals surface area (Å²) in [6.07, 6.45) is 3.80. The van der Waals surface area contributed by atoms with Crippen LogP contribution in [0.1, 0.15) is 11.1 Å². The summed E-state index contributed by atoms with van der Waals surface area (Å²) >= 11 is 13.3. The maximum absolute atomic E-state index is 5.22. The molecule has 4 nitrogen and oxygen atoms in total. The van der Waals surface area contributed by atoms with Gasteiger partial charge in [0.15, 0.2) is 8.64 Å². The number of thioether (sulfide) groups is 2. The minimum absolute atomic E-state index is 0.582. The van der Waals surface area contributed by atoms with E-state index in [1.165, 1.54) is 23.5 Å². The average Bonchev–Trinajstić information content (AvgIpc) is 2.71. The molecule has 2 aromatic rings. The van der Waals surface area contributed by atoms with Crippen LogP contribution < -0.4 is 10.9 Å². The van der Waals surface area contributed by atoms with Crippen molar-refractivity contribution in [1.82, 2.24) is 10.9 Å². The van der Waals surface area contributed by atoms with Gasteiger partial charge in [-0.05, 0) is 12.5 Å². The summed E-state index contributed by atoms with van der Waals surface area (Å²) < 4.78 is 1.16. The lowest BCUT2D eigenvalue weighted by atomic mass is 10.00. The molecule has 0 aromatic heterocycles. The molecule has 0 saturated carbocycles. The zero-order valence-electron chi connectivity index (χ0n) is 14.3. The van der Waals surface area contributed by atoms with Crippen LogP contribution in [0, 0.1) is 0 Å². The van der Waals surface area contributed by atoms with Crippen LogP contribution >= 0.6 is 48.0 Å². The normalized spacial score (nSPS) is 11.8. The van der Waals surface area contributed by atoms with Crippen LogP contribution in [0.4, 0.5) is 0 Å². The van der Waals surface area contributed by atoms with Crippen molar-refractivity contribution in [2.24, 2.45) is 10.2 Å². The van der Waals surface area contributed by atoms with Crippen molar-refractivity contribution in [3.63, 3.8) is 0 Å². The molecule has 8 heteroatoms. The van der Waals surface area contributed by atoms with Gasteiger partial charge in [0.2, 0.25) is 0 Å². The summed E-state index contributed by atoms with van der Waals surface area (Å²) in [5, 5.41) is 9.06. The van der Waals surface area contributed by atoms with E-state index in [0.717, 1.165) is 11.1 Å². The number of thiocarbonyl (C=S) groups is 2. The molecule has 0 aliphatic carbocycles. The Morgan fingerprint density at radius 1 is 0.692 bits per heavy atom. The smallest absolute Gasteiger partial charge is 0.153 e. The Hall–Kier alpha value is -1.74. The van der Waals surface area contributed by atoms with E-state index in [1.807, 2.05) is 73.2 Å². The molecule has 0 aliphatic rings. The number of nitrogens with one attached hydrogen (secondary N) is 2. The van der Waals surface area contributed by atoms with Crippen LogP contribution in [-0.4, -0.2) is 32.6 Å². The van der Waals surface area contributed by atoms with E-state index in [9.17, 15) is 0 Å². The molecule has 0 aliphatic heterocycles. The van der Waals surface area contributed by atoms with Gasteiger partial charge in [-0.3, -0.25) is 10.9 Å². The van der Waals surface area contributed by atoms with Gasteiger partial charge in [-0.15, -0.1) is 0 Å². The third kappa shape index (κ3) is 6.21. The number of nitrogens with zero attached hydrogens (tertiary/aromatic N) is 2. The fraction of sp³-hybridized carbons (Fsp3) is 0.111. The van der Waals surface area contributed by atoms with Crippen molar-refractivity contribution in [3.05, 3.63) is 71.8 Å². The highest BCUT2D eigenvalue weighted by molar-refractivity contribution is 8.22. The lowest BCUT2D eigenvalue weighted by molar-refractivity contribution is 1.05. The quantitative estimate of drug-likeness (QED) is 0.430. The molecule has 2 aromatic carbocycles. The topological polar surface area (TPSA) is 48.8 Å². The van der Waals surface area contributed by atoms with Crippen molar-refractivity contribution in [1.29, 1.82) is 0 Å². The largest absolute Gasteiger partial charge is 0.262 e. The van der Waals surface area contributed by atoms with Gasteiger partial charge in [-0.2, -0.15) is 10.2 Å². The summed E-state index contributed by atoms with van der Waals surface area (Å²) in [5.41, 5.74) is 9.02. The van der Waals surface area contributed by atoms with Crippen LogP contribution in [0.15, 0.2) is 70.9 Å². The van der Waals surface area contributed by atoms with Crippen LogP contribution in [0.3, 0.4) is 0 Å². The maximum atomic E-state index is 5.22. The molecule has 0 amide bonds. The molecule has 0 spiro atoms. The van der Waals surface area contributed by atoms with Crippen molar-refractivity contribution in [3.8, 4) is 0 Å². The van der Waals surface area contributed by atoms with E-state index >= 15 is 0 Å². The molecule has 0 fully saturated rings. The Balaban J connectivity index is 2.53. The summed E-state index contributed by atoms with van der Waals surface area (Å²) in [6.45, 7) is 0. The summed E-state index contributed by atoms with van der Waals surface area (Å²) in [5.74, 6) is 0. The summed E-state index contributed by atoms with van der Waals surface area (Å²) in [7, 11) is 0. The van der Waals surface area contributed by atoms with Gasteiger partial charge in [-0.1, -0.05) is 109 Å². The van der Waals surface area contributed by atoms with E-state index in [0.29, 0.717) is 20.1 Å². The van der Waals surface area contributed by atoms with Crippen molar-refractivity contribution in [2.75, 3.05) is 12.5 Å². The second kappa shape index (κ2) is 11.1. The van der Waals surface area contributed by atoms with Crippen LogP contribution in [0.25, 0.3) is 0 Å². The third-order valence-corrected chi connectivity index (χ3v) is 5.31. The van der Waals surface area contributed by atoms with Crippen LogP contribution in [0.2, 0.25) is 0 Å². The van der Waals surface area contributed by atoms with Gasteiger partial charge >= 0.3 is 0 Å². The van der Waals surface area contributed by atoms with Gasteiger partial charge < -0.3 is 0 Å². The van der Waals surface area contributed by atoms with Gasteiger partial charge in [0.05, 0.1) is 0 Å². The number of rotatable bonds is 5. The lowest BCUT2D eigenvalue weighted by Crippen LogP contribution is -2.26. The Labute approximate surface area is 172 Å². The van der Waals surface area contributed by atoms with Gasteiger partial charge in [0.1, 0.15) is 11.4 Å². The molecule has 0 atom stereocenters. The second-order valence-corrected chi connectivity index (χ2v) is 7.83. The first-order valence-electron chi connectivity index (χ1n) is 7.60. The Morgan fingerprint density at radius 3 is 1.35 bits per heavy atom. The number of hydrazone groups is 2. The molecular formula is C18H18N4S4. The number of hydrogen-bond acceptors (Lipinski definition) is 6. The molecule has 0 saturated heterocycles. The first-order chi connectivity index (χ1) is 12.7. The zero-order valence-corrected chi connectivity index (χ0v) is 17.6.